The maximum absolute atomic E-state index is 13.2. The molecule has 2 fully saturated rings. The molecule has 3 heterocycles. The standard InChI is InChI=1S/C26H30O15/c27-7-14-17(32)19(34)24(40-26-21(36)18(33)20(35)25(37)41-26)23(39-14)16-11(30)5-10(29)15-12(31)6-13(38-22(15)16)8-1-3-9(28)4-2-8/h1-5,13-14,17-21,23-30,32-37H,6-7H2/t13-,14-,17-,18-,19+,20-,21-,23+,24-,25-,26-/m1/s1. The summed E-state index contributed by atoms with van der Waals surface area (Å²) < 4.78 is 22.5. The largest absolute Gasteiger partial charge is 0.508 e. The van der Waals surface area contributed by atoms with Gasteiger partial charge in [0.05, 0.1) is 18.6 Å². The first-order chi connectivity index (χ1) is 19.4. The monoisotopic (exact) mass is 582 g/mol. The molecule has 2 aromatic carbocycles. The molecule has 3 aliphatic rings. The molecule has 11 atom stereocenters. The van der Waals surface area contributed by atoms with Crippen molar-refractivity contribution < 1.29 is 74.8 Å². The van der Waals surface area contributed by atoms with Gasteiger partial charge in [-0.3, -0.25) is 4.79 Å². The topological polar surface area (TPSA) is 256 Å². The Morgan fingerprint density at radius 2 is 1.51 bits per heavy atom. The van der Waals surface area contributed by atoms with Crippen LogP contribution in [0.1, 0.15) is 40.1 Å². The number of aliphatic hydroxyl groups is 7. The summed E-state index contributed by atoms with van der Waals surface area (Å²) in [5.41, 5.74) is -0.216. The van der Waals surface area contributed by atoms with E-state index in [9.17, 15) is 55.9 Å². The fraction of sp³-hybridized carbons (Fsp3) is 0.500. The van der Waals surface area contributed by atoms with E-state index in [4.69, 9.17) is 18.9 Å². The number of ketones is 1. The zero-order valence-corrected chi connectivity index (χ0v) is 21.2. The molecular formula is C26H30O15. The molecule has 0 bridgehead atoms. The number of aliphatic hydroxyl groups excluding tert-OH is 7. The van der Waals surface area contributed by atoms with E-state index < -0.39 is 91.4 Å². The number of Topliss-reactive ketones (excluding diaryl/α,β-unsaturated/α-hetero) is 1. The molecule has 0 aliphatic carbocycles. The molecule has 0 amide bonds. The Morgan fingerprint density at radius 3 is 2.17 bits per heavy atom. The van der Waals surface area contributed by atoms with E-state index >= 15 is 0 Å². The van der Waals surface area contributed by atoms with Gasteiger partial charge >= 0.3 is 0 Å². The number of aromatic hydroxyl groups is 3. The summed E-state index contributed by atoms with van der Waals surface area (Å²) in [5, 5.41) is 103. The Balaban J connectivity index is 1.58. The van der Waals surface area contributed by atoms with Crippen molar-refractivity contribution in [1.82, 2.24) is 0 Å². The fourth-order valence-electron chi connectivity index (χ4n) is 5.22. The van der Waals surface area contributed by atoms with Gasteiger partial charge in [-0.05, 0) is 17.7 Å². The highest BCUT2D eigenvalue weighted by molar-refractivity contribution is 6.03. The van der Waals surface area contributed by atoms with Gasteiger partial charge in [-0.1, -0.05) is 12.1 Å². The molecular weight excluding hydrogens is 552 g/mol. The second-order valence-corrected chi connectivity index (χ2v) is 10.1. The third-order valence-corrected chi connectivity index (χ3v) is 7.44. The summed E-state index contributed by atoms with van der Waals surface area (Å²) in [4.78, 5) is 13.2. The van der Waals surface area contributed by atoms with Crippen molar-refractivity contribution in [1.29, 1.82) is 0 Å². The number of phenolic OH excluding ortho intramolecular Hbond substituents is 3. The van der Waals surface area contributed by atoms with Crippen LogP contribution in [0.4, 0.5) is 0 Å². The number of rotatable bonds is 5. The molecule has 5 rings (SSSR count). The first-order valence-electron chi connectivity index (χ1n) is 12.7. The number of phenols is 3. The lowest BCUT2D eigenvalue weighted by molar-refractivity contribution is -0.368. The van der Waals surface area contributed by atoms with Crippen molar-refractivity contribution in [2.45, 2.75) is 73.9 Å². The zero-order chi connectivity index (χ0) is 29.7. The van der Waals surface area contributed by atoms with Crippen molar-refractivity contribution in [2.24, 2.45) is 0 Å². The summed E-state index contributed by atoms with van der Waals surface area (Å²) in [6.07, 6.45) is -19.6. The minimum atomic E-state index is -2.02. The molecule has 15 nitrogen and oxygen atoms in total. The van der Waals surface area contributed by atoms with E-state index in [1.807, 2.05) is 0 Å². The zero-order valence-electron chi connectivity index (χ0n) is 21.2. The van der Waals surface area contributed by atoms with Crippen LogP contribution in [0.3, 0.4) is 0 Å². The second-order valence-electron chi connectivity index (χ2n) is 10.1. The minimum absolute atomic E-state index is 0.0414. The normalized spacial score (nSPS) is 37.3. The van der Waals surface area contributed by atoms with E-state index in [1.54, 1.807) is 0 Å². The van der Waals surface area contributed by atoms with Crippen LogP contribution in [0, 0.1) is 0 Å². The molecule has 41 heavy (non-hydrogen) atoms. The van der Waals surface area contributed by atoms with Crippen molar-refractivity contribution in [3.63, 3.8) is 0 Å². The van der Waals surface area contributed by atoms with E-state index in [1.165, 1.54) is 24.3 Å². The number of fused-ring (bicyclic) bond motifs is 1. The SMILES string of the molecule is O=C1C[C@H](c2ccc(O)cc2)Oc2c1c(O)cc(O)c2[C@@H]1O[C@H](CO)[C@@H](O)[C@H](O)[C@H]1O[C@@H]1O[C@@H](O)[C@H](O)[C@@H](O)[C@H]1O. The Kier molecular flexibility index (Phi) is 8.10. The molecule has 2 saturated heterocycles. The number of hydrogen-bond donors (Lipinski definition) is 10. The molecule has 0 saturated carbocycles. The third-order valence-electron chi connectivity index (χ3n) is 7.44. The predicted molar refractivity (Wildman–Crippen MR) is 131 cm³/mol. The Bertz CT molecular complexity index is 1270. The second kappa shape index (κ2) is 11.3. The quantitative estimate of drug-likeness (QED) is 0.180. The Labute approximate surface area is 231 Å². The first kappa shape index (κ1) is 29.4. The van der Waals surface area contributed by atoms with Crippen LogP contribution in [-0.2, 0) is 14.2 Å². The van der Waals surface area contributed by atoms with Gasteiger partial charge in [0.25, 0.3) is 0 Å². The summed E-state index contributed by atoms with van der Waals surface area (Å²) in [6.45, 7) is -0.815. The molecule has 3 aliphatic heterocycles. The number of ether oxygens (including phenoxy) is 4. The third kappa shape index (κ3) is 5.21. The van der Waals surface area contributed by atoms with Gasteiger partial charge in [0.1, 0.15) is 83.5 Å². The highest BCUT2D eigenvalue weighted by Gasteiger charge is 2.52. The van der Waals surface area contributed by atoms with Crippen LogP contribution in [-0.4, -0.2) is 119 Å². The maximum Gasteiger partial charge on any atom is 0.189 e. The summed E-state index contributed by atoms with van der Waals surface area (Å²) >= 11 is 0. The lowest BCUT2D eigenvalue weighted by Crippen LogP contribution is -2.62. The molecule has 0 spiro atoms. The summed E-state index contributed by atoms with van der Waals surface area (Å²) in [6, 6.07) is 6.56. The van der Waals surface area contributed by atoms with Crippen LogP contribution in [0.2, 0.25) is 0 Å². The predicted octanol–water partition coefficient (Wildman–Crippen LogP) is -2.19. The van der Waals surface area contributed by atoms with Crippen molar-refractivity contribution in [2.75, 3.05) is 6.61 Å². The minimum Gasteiger partial charge on any atom is -0.508 e. The van der Waals surface area contributed by atoms with Gasteiger partial charge in [-0.2, -0.15) is 0 Å². The van der Waals surface area contributed by atoms with Crippen LogP contribution >= 0.6 is 0 Å². The number of hydrogen-bond acceptors (Lipinski definition) is 15. The molecule has 0 aromatic heterocycles. The van der Waals surface area contributed by atoms with Crippen molar-refractivity contribution >= 4 is 5.78 Å². The van der Waals surface area contributed by atoms with Gasteiger partial charge in [0.15, 0.2) is 18.4 Å². The van der Waals surface area contributed by atoms with Gasteiger partial charge in [0.2, 0.25) is 0 Å². The molecule has 15 heteroatoms. The fourth-order valence-corrected chi connectivity index (χ4v) is 5.22. The lowest BCUT2D eigenvalue weighted by Gasteiger charge is -2.46. The maximum atomic E-state index is 13.2. The highest BCUT2D eigenvalue weighted by atomic mass is 16.8. The number of carbonyl (C=O) groups excluding carboxylic acids is 1. The van der Waals surface area contributed by atoms with E-state index in [0.717, 1.165) is 6.07 Å². The molecule has 0 radical (unpaired) electrons. The van der Waals surface area contributed by atoms with Gasteiger partial charge in [0, 0.05) is 6.07 Å². The van der Waals surface area contributed by atoms with Crippen molar-refractivity contribution in [3.05, 3.63) is 47.0 Å². The van der Waals surface area contributed by atoms with Crippen LogP contribution in [0.15, 0.2) is 30.3 Å². The van der Waals surface area contributed by atoms with Crippen LogP contribution in [0.25, 0.3) is 0 Å². The highest BCUT2D eigenvalue weighted by Crippen LogP contribution is 2.51. The number of benzene rings is 2. The Morgan fingerprint density at radius 1 is 0.829 bits per heavy atom. The Hall–Kier alpha value is -3.09. The van der Waals surface area contributed by atoms with Crippen LogP contribution < -0.4 is 4.74 Å². The molecule has 224 valence electrons. The first-order valence-corrected chi connectivity index (χ1v) is 12.7. The molecule has 10 N–H and O–H groups in total. The number of carbonyl (C=O) groups is 1. The summed E-state index contributed by atoms with van der Waals surface area (Å²) in [7, 11) is 0. The molecule has 0 unspecified atom stereocenters. The van der Waals surface area contributed by atoms with E-state index in [2.05, 4.69) is 0 Å². The van der Waals surface area contributed by atoms with Gasteiger partial charge in [-0.15, -0.1) is 0 Å². The van der Waals surface area contributed by atoms with Crippen molar-refractivity contribution in [3.8, 4) is 23.0 Å². The molecule has 2 aromatic rings. The van der Waals surface area contributed by atoms with Gasteiger partial charge in [-0.25, -0.2) is 0 Å². The van der Waals surface area contributed by atoms with E-state index in [-0.39, 0.29) is 29.0 Å². The van der Waals surface area contributed by atoms with Crippen LogP contribution in [0.5, 0.6) is 23.0 Å². The smallest absolute Gasteiger partial charge is 0.189 e. The average Bonchev–Trinajstić information content (AvgIpc) is 2.93. The summed E-state index contributed by atoms with van der Waals surface area (Å²) in [5.74, 6) is -2.33. The average molecular weight is 583 g/mol. The van der Waals surface area contributed by atoms with Gasteiger partial charge < -0.3 is 70.0 Å². The van der Waals surface area contributed by atoms with E-state index in [0.29, 0.717) is 5.56 Å². The lowest BCUT2D eigenvalue weighted by atomic mass is 9.86.